The van der Waals surface area contributed by atoms with Crippen molar-refractivity contribution < 1.29 is 49.5 Å². The van der Waals surface area contributed by atoms with Gasteiger partial charge in [-0.1, -0.05) is 12.1 Å². The Morgan fingerprint density at radius 3 is 2.57 bits per heavy atom. The molecule has 1 aromatic rings. The summed E-state index contributed by atoms with van der Waals surface area (Å²) in [6.07, 6.45) is -7.95. The second-order valence-corrected chi connectivity index (χ2v) is 6.71. The molecule has 0 radical (unpaired) electrons. The van der Waals surface area contributed by atoms with Crippen molar-refractivity contribution in [2.24, 2.45) is 0 Å². The zero-order chi connectivity index (χ0) is 22.6. The van der Waals surface area contributed by atoms with Gasteiger partial charge in [-0.25, -0.2) is 4.79 Å². The van der Waals surface area contributed by atoms with Gasteiger partial charge in [0.25, 0.3) is 0 Å². The fourth-order valence-corrected chi connectivity index (χ4v) is 3.10. The second-order valence-electron chi connectivity index (χ2n) is 6.71. The Bertz CT molecular complexity index is 804. The molecule has 1 aliphatic heterocycles. The van der Waals surface area contributed by atoms with E-state index in [0.717, 1.165) is 19.1 Å². The van der Waals surface area contributed by atoms with E-state index in [9.17, 15) is 40.1 Å². The number of carboxylic acid groups (broad SMARTS) is 1. The van der Waals surface area contributed by atoms with Crippen LogP contribution in [0.25, 0.3) is 0 Å². The largest absolute Gasteiger partial charge is 0.476 e. The van der Waals surface area contributed by atoms with E-state index < -0.39 is 77.5 Å². The number of carbonyl (C=O) groups excluding carboxylic acids is 1. The molecule has 2 rings (SSSR count). The van der Waals surface area contributed by atoms with Gasteiger partial charge in [0.1, 0.15) is 18.3 Å². The predicted molar refractivity (Wildman–Crippen MR) is 96.3 cm³/mol. The van der Waals surface area contributed by atoms with Crippen LogP contribution in [0.5, 0.6) is 5.75 Å². The minimum Gasteiger partial charge on any atom is -0.476 e. The normalized spacial score (nSPS) is 28.2. The SMILES string of the molecule is CC(=O)N[C@H]1[C@@H]([C@H](O)[C@@H](O)CO)O[C@@](Oc2ccccc2[N+](=O)[O-])(C(=O)O)C[C@H]1O. The summed E-state index contributed by atoms with van der Waals surface area (Å²) in [6, 6.07) is 3.48. The zero-order valence-corrected chi connectivity index (χ0v) is 15.7. The second kappa shape index (κ2) is 9.32. The molecule has 0 spiro atoms. The van der Waals surface area contributed by atoms with Crippen molar-refractivity contribution in [3.05, 3.63) is 34.4 Å². The third kappa shape index (κ3) is 4.83. The van der Waals surface area contributed by atoms with Gasteiger partial charge >= 0.3 is 17.4 Å². The number of aliphatic carboxylic acids is 1. The van der Waals surface area contributed by atoms with Crippen molar-refractivity contribution in [3.63, 3.8) is 0 Å². The highest BCUT2D eigenvalue weighted by atomic mass is 16.7. The van der Waals surface area contributed by atoms with Gasteiger partial charge in [0.05, 0.1) is 30.1 Å². The van der Waals surface area contributed by atoms with Crippen LogP contribution < -0.4 is 10.1 Å². The van der Waals surface area contributed by atoms with Gasteiger partial charge in [-0.2, -0.15) is 0 Å². The fourth-order valence-electron chi connectivity index (χ4n) is 3.10. The summed E-state index contributed by atoms with van der Waals surface area (Å²) in [6.45, 7) is 0.163. The number of benzene rings is 1. The molecule has 1 heterocycles. The van der Waals surface area contributed by atoms with Crippen molar-refractivity contribution in [2.75, 3.05) is 6.61 Å². The number of carboxylic acids is 1. The number of aliphatic hydroxyl groups is 4. The summed E-state index contributed by atoms with van der Waals surface area (Å²) in [5.41, 5.74) is -0.576. The van der Waals surface area contributed by atoms with Crippen LogP contribution in [-0.2, 0) is 14.3 Å². The number of carbonyl (C=O) groups is 2. The quantitative estimate of drug-likeness (QED) is 0.199. The van der Waals surface area contributed by atoms with Crippen LogP contribution in [0.4, 0.5) is 5.69 Å². The Balaban J connectivity index is 2.49. The Kier molecular flexibility index (Phi) is 7.28. The Labute approximate surface area is 169 Å². The number of nitro benzene ring substituents is 1. The molecule has 1 saturated heterocycles. The van der Waals surface area contributed by atoms with Gasteiger partial charge in [-0.05, 0) is 6.07 Å². The van der Waals surface area contributed by atoms with Crippen LogP contribution in [-0.4, -0.2) is 85.2 Å². The van der Waals surface area contributed by atoms with E-state index >= 15 is 0 Å². The van der Waals surface area contributed by atoms with Crippen molar-refractivity contribution in [3.8, 4) is 5.75 Å². The summed E-state index contributed by atoms with van der Waals surface area (Å²) in [7, 11) is 0. The summed E-state index contributed by atoms with van der Waals surface area (Å²) < 4.78 is 10.7. The molecule has 30 heavy (non-hydrogen) atoms. The monoisotopic (exact) mass is 430 g/mol. The Morgan fingerprint density at radius 2 is 2.03 bits per heavy atom. The van der Waals surface area contributed by atoms with Crippen LogP contribution in [0.15, 0.2) is 24.3 Å². The van der Waals surface area contributed by atoms with E-state index in [2.05, 4.69) is 5.32 Å². The van der Waals surface area contributed by atoms with Crippen molar-refractivity contribution in [1.29, 1.82) is 0 Å². The molecule has 6 N–H and O–H groups in total. The lowest BCUT2D eigenvalue weighted by Gasteiger charge is -2.46. The maximum atomic E-state index is 12.0. The average Bonchev–Trinajstić information content (AvgIpc) is 2.68. The molecule has 1 aliphatic rings. The first-order chi connectivity index (χ1) is 14.0. The molecule has 0 saturated carbocycles. The molecule has 1 amide bonds. The van der Waals surface area contributed by atoms with Crippen LogP contribution >= 0.6 is 0 Å². The average molecular weight is 430 g/mol. The molecule has 0 aromatic heterocycles. The van der Waals surface area contributed by atoms with Gasteiger partial charge in [0.15, 0.2) is 0 Å². The van der Waals surface area contributed by atoms with Crippen molar-refractivity contribution in [1.82, 2.24) is 5.32 Å². The van der Waals surface area contributed by atoms with Gasteiger partial charge < -0.3 is 40.3 Å². The van der Waals surface area contributed by atoms with Gasteiger partial charge in [0.2, 0.25) is 11.7 Å². The lowest BCUT2D eigenvalue weighted by Crippen LogP contribution is -2.68. The number of nitrogens with zero attached hydrogens (tertiary/aromatic N) is 1. The number of aliphatic hydroxyl groups excluding tert-OH is 4. The van der Waals surface area contributed by atoms with Crippen LogP contribution in [0.2, 0.25) is 0 Å². The first-order valence-corrected chi connectivity index (χ1v) is 8.78. The highest BCUT2D eigenvalue weighted by Crippen LogP contribution is 2.37. The Morgan fingerprint density at radius 1 is 1.40 bits per heavy atom. The first kappa shape index (κ1) is 23.4. The van der Waals surface area contributed by atoms with E-state index in [0.29, 0.717) is 0 Å². The number of ether oxygens (including phenoxy) is 2. The van der Waals surface area contributed by atoms with Crippen molar-refractivity contribution in [2.45, 2.75) is 49.6 Å². The Hall–Kier alpha value is -2.84. The predicted octanol–water partition coefficient (Wildman–Crippen LogP) is -1.88. The maximum absolute atomic E-state index is 12.0. The van der Waals surface area contributed by atoms with E-state index in [1.54, 1.807) is 0 Å². The lowest BCUT2D eigenvalue weighted by atomic mass is 9.88. The van der Waals surface area contributed by atoms with E-state index in [4.69, 9.17) is 14.6 Å². The van der Waals surface area contributed by atoms with E-state index in [-0.39, 0.29) is 0 Å². The smallest absolute Gasteiger partial charge is 0.377 e. The number of amides is 1. The molecule has 6 atom stereocenters. The number of para-hydroxylation sites is 2. The van der Waals surface area contributed by atoms with Crippen LogP contribution in [0.1, 0.15) is 13.3 Å². The lowest BCUT2D eigenvalue weighted by molar-refractivity contribution is -0.387. The minimum atomic E-state index is -2.71. The fraction of sp³-hybridized carbons (Fsp3) is 0.529. The molecule has 166 valence electrons. The molecule has 0 bridgehead atoms. The molecule has 0 unspecified atom stereocenters. The van der Waals surface area contributed by atoms with Gasteiger partial charge in [-0.3, -0.25) is 14.9 Å². The standard InChI is InChI=1S/C17H22N2O11/c1-8(21)18-13-10(22)6-17(16(25)26,30-15(13)14(24)11(23)7-20)29-12-5-3-2-4-9(12)19(27)28/h2-5,10-11,13-15,20,22-24H,6-7H2,1H3,(H,18,21)(H,25,26)/t10-,11+,13-,14-,15+,17-/m1/s1. The molecular weight excluding hydrogens is 408 g/mol. The number of nitro groups is 1. The molecule has 1 fully saturated rings. The molecule has 1 aromatic carbocycles. The summed E-state index contributed by atoms with van der Waals surface area (Å²) >= 11 is 0. The molecule has 0 aliphatic carbocycles. The van der Waals surface area contributed by atoms with Gasteiger partial charge in [-0.15, -0.1) is 0 Å². The van der Waals surface area contributed by atoms with Gasteiger partial charge in [0, 0.05) is 13.0 Å². The molecule has 13 heteroatoms. The molecular formula is C17H22N2O11. The third-order valence-corrected chi connectivity index (χ3v) is 4.52. The number of nitrogens with one attached hydrogen (secondary N) is 1. The summed E-state index contributed by atoms with van der Waals surface area (Å²) in [4.78, 5) is 33.9. The number of rotatable bonds is 8. The van der Waals surface area contributed by atoms with E-state index in [1.165, 1.54) is 12.1 Å². The molecule has 13 nitrogen and oxygen atoms in total. The minimum absolute atomic E-state index is 0.481. The van der Waals surface area contributed by atoms with Crippen LogP contribution in [0, 0.1) is 10.1 Å². The first-order valence-electron chi connectivity index (χ1n) is 8.78. The number of hydrogen-bond acceptors (Lipinski definition) is 10. The maximum Gasteiger partial charge on any atom is 0.377 e. The number of hydrogen-bond donors (Lipinski definition) is 6. The van der Waals surface area contributed by atoms with Crippen molar-refractivity contribution >= 4 is 17.6 Å². The topological polar surface area (TPSA) is 209 Å². The van der Waals surface area contributed by atoms with Crippen LogP contribution in [0.3, 0.4) is 0 Å². The zero-order valence-electron chi connectivity index (χ0n) is 15.7. The van der Waals surface area contributed by atoms with E-state index in [1.807, 2.05) is 0 Å². The highest BCUT2D eigenvalue weighted by molar-refractivity contribution is 5.77. The third-order valence-electron chi connectivity index (χ3n) is 4.52. The summed E-state index contributed by atoms with van der Waals surface area (Å²) in [5, 5.41) is 63.0. The summed E-state index contributed by atoms with van der Waals surface area (Å²) in [5.74, 6) is -5.62. The highest BCUT2D eigenvalue weighted by Gasteiger charge is 2.57.